The van der Waals surface area contributed by atoms with Crippen molar-refractivity contribution >= 4 is 17.5 Å². The molecule has 4 rings (SSSR count). The fourth-order valence-corrected chi connectivity index (χ4v) is 7.31. The Labute approximate surface area is 174 Å². The van der Waals surface area contributed by atoms with Gasteiger partial charge in [0.2, 0.25) is 0 Å². The lowest BCUT2D eigenvalue weighted by atomic mass is 9.46. The van der Waals surface area contributed by atoms with E-state index in [1.807, 2.05) is 6.08 Å². The van der Waals surface area contributed by atoms with Gasteiger partial charge in [-0.05, 0) is 80.1 Å². The molecule has 0 saturated heterocycles. The molecular weight excluding hydrogens is 368 g/mol. The van der Waals surface area contributed by atoms with E-state index in [1.165, 1.54) is 19.6 Å². The van der Waals surface area contributed by atoms with E-state index < -0.39 is 6.10 Å². The molecule has 4 aliphatic carbocycles. The van der Waals surface area contributed by atoms with Crippen LogP contribution in [0.2, 0.25) is 0 Å². The number of Topliss-reactive ketones (excluding diaryl/α,β-unsaturated/α-hetero) is 1. The normalized spacial score (nSPS) is 43.0. The van der Waals surface area contributed by atoms with Crippen molar-refractivity contribution in [2.75, 3.05) is 7.11 Å². The second kappa shape index (κ2) is 7.98. The second-order valence-corrected chi connectivity index (χ2v) is 10.1. The highest BCUT2D eigenvalue weighted by atomic mass is 16.5. The topological polar surface area (TPSA) is 80.7 Å². The van der Waals surface area contributed by atoms with Crippen molar-refractivity contribution in [2.24, 2.45) is 34.5 Å². The molecule has 5 heteroatoms. The Balaban J connectivity index is 0.000000431. The van der Waals surface area contributed by atoms with Crippen molar-refractivity contribution in [2.45, 2.75) is 78.7 Å². The number of esters is 1. The average molecular weight is 405 g/mol. The summed E-state index contributed by atoms with van der Waals surface area (Å²) in [6, 6.07) is 0. The van der Waals surface area contributed by atoms with E-state index in [4.69, 9.17) is 0 Å². The van der Waals surface area contributed by atoms with Gasteiger partial charge in [0.1, 0.15) is 5.78 Å². The monoisotopic (exact) mass is 404 g/mol. The number of aliphatic hydroxyl groups is 1. The Morgan fingerprint density at radius 3 is 2.34 bits per heavy atom. The predicted octanol–water partition coefficient (Wildman–Crippen LogP) is 3.87. The Hall–Kier alpha value is -1.49. The first-order chi connectivity index (χ1) is 13.5. The summed E-state index contributed by atoms with van der Waals surface area (Å²) in [6.45, 7) is 7.65. The summed E-state index contributed by atoms with van der Waals surface area (Å²) in [7, 11) is 1.35. The molecule has 3 saturated carbocycles. The summed E-state index contributed by atoms with van der Waals surface area (Å²) in [5, 5.41) is 10.6. The van der Waals surface area contributed by atoms with Gasteiger partial charge in [0.15, 0.2) is 5.78 Å². The van der Waals surface area contributed by atoms with Crippen LogP contribution in [0.1, 0.15) is 72.6 Å². The molecule has 0 aromatic rings. The molecule has 162 valence electrons. The van der Waals surface area contributed by atoms with Crippen molar-refractivity contribution in [3.8, 4) is 0 Å². The molecule has 0 bridgehead atoms. The summed E-state index contributed by atoms with van der Waals surface area (Å²) in [6.07, 6.45) is 8.26. The van der Waals surface area contributed by atoms with Crippen LogP contribution in [-0.2, 0) is 19.1 Å². The van der Waals surface area contributed by atoms with Gasteiger partial charge >= 0.3 is 5.97 Å². The first-order valence-electron chi connectivity index (χ1n) is 11.0. The van der Waals surface area contributed by atoms with E-state index in [1.54, 1.807) is 6.92 Å². The van der Waals surface area contributed by atoms with E-state index in [2.05, 4.69) is 18.6 Å². The predicted molar refractivity (Wildman–Crippen MR) is 110 cm³/mol. The number of hydrogen-bond donors (Lipinski definition) is 1. The number of aliphatic hydroxyl groups excluding tert-OH is 1. The molecule has 4 aliphatic rings. The van der Waals surface area contributed by atoms with E-state index in [0.29, 0.717) is 30.0 Å². The van der Waals surface area contributed by atoms with Crippen LogP contribution < -0.4 is 0 Å². The maximum Gasteiger partial charge on any atom is 0.302 e. The molecule has 0 aromatic carbocycles. The van der Waals surface area contributed by atoms with Crippen LogP contribution in [0.4, 0.5) is 0 Å². The SMILES string of the molecule is CC(=O)[C@H]1C(O)C[C@H]2[C@@H]3CCC4=CC(=O)CC[C@]4(C)[C@H]3CC[C@]12C.COC(C)=O. The molecule has 5 nitrogen and oxygen atoms in total. The molecule has 0 aliphatic heterocycles. The molecule has 0 spiro atoms. The summed E-state index contributed by atoms with van der Waals surface area (Å²) in [4.78, 5) is 33.7. The average Bonchev–Trinajstić information content (AvgIpc) is 2.93. The first kappa shape index (κ1) is 22.2. The van der Waals surface area contributed by atoms with E-state index in [-0.39, 0.29) is 28.5 Å². The maximum absolute atomic E-state index is 12.2. The molecule has 0 amide bonds. The molecule has 0 radical (unpaired) electrons. The lowest BCUT2D eigenvalue weighted by Gasteiger charge is -2.57. The summed E-state index contributed by atoms with van der Waals surface area (Å²) >= 11 is 0. The van der Waals surface area contributed by atoms with Crippen molar-refractivity contribution in [1.29, 1.82) is 0 Å². The zero-order chi connectivity index (χ0) is 21.6. The molecule has 1 N–H and O–H groups in total. The third-order valence-electron chi connectivity index (χ3n) is 8.72. The third kappa shape index (κ3) is 3.71. The van der Waals surface area contributed by atoms with Crippen LogP contribution >= 0.6 is 0 Å². The maximum atomic E-state index is 12.2. The standard InChI is InChI=1S/C21H30O3.C3H6O2/c1-12(22)19-18(24)11-17-15-5-4-13-10-14(23)6-8-20(13,2)16(15)7-9-21(17,19)3;1-3(4)5-2/h10,15-19,24H,4-9,11H2,1-3H3;1-2H3/t15-,16+,17+,18?,19+,20+,21+;/m1./s1. The molecule has 0 heterocycles. The molecular formula is C24H36O5. The van der Waals surface area contributed by atoms with Gasteiger partial charge in [-0.25, -0.2) is 0 Å². The number of rotatable bonds is 1. The van der Waals surface area contributed by atoms with Crippen LogP contribution in [0, 0.1) is 34.5 Å². The summed E-state index contributed by atoms with van der Waals surface area (Å²) < 4.78 is 4.11. The van der Waals surface area contributed by atoms with Crippen LogP contribution in [0.3, 0.4) is 0 Å². The fourth-order valence-electron chi connectivity index (χ4n) is 7.31. The van der Waals surface area contributed by atoms with Gasteiger partial charge in [-0.2, -0.15) is 0 Å². The highest BCUT2D eigenvalue weighted by Gasteiger charge is 2.62. The largest absolute Gasteiger partial charge is 0.469 e. The molecule has 0 aromatic heterocycles. The number of fused-ring (bicyclic) bond motifs is 5. The van der Waals surface area contributed by atoms with Gasteiger partial charge in [-0.3, -0.25) is 14.4 Å². The van der Waals surface area contributed by atoms with Crippen LogP contribution in [0.15, 0.2) is 11.6 Å². The highest BCUT2D eigenvalue weighted by Crippen LogP contribution is 2.66. The van der Waals surface area contributed by atoms with Gasteiger partial charge < -0.3 is 9.84 Å². The fraction of sp³-hybridized carbons (Fsp3) is 0.792. The number of ketones is 2. The smallest absolute Gasteiger partial charge is 0.302 e. The van der Waals surface area contributed by atoms with Crippen molar-refractivity contribution in [3.63, 3.8) is 0 Å². The molecule has 7 atom stereocenters. The first-order valence-corrected chi connectivity index (χ1v) is 11.0. The summed E-state index contributed by atoms with van der Waals surface area (Å²) in [5.74, 6) is 1.70. The van der Waals surface area contributed by atoms with E-state index in [0.717, 1.165) is 38.5 Å². The van der Waals surface area contributed by atoms with Gasteiger partial charge in [0.25, 0.3) is 0 Å². The third-order valence-corrected chi connectivity index (χ3v) is 8.72. The van der Waals surface area contributed by atoms with E-state index in [9.17, 15) is 19.5 Å². The highest BCUT2D eigenvalue weighted by molar-refractivity contribution is 5.91. The van der Waals surface area contributed by atoms with Gasteiger partial charge in [-0.15, -0.1) is 0 Å². The Bertz CT molecular complexity index is 725. The molecule has 3 fully saturated rings. The Morgan fingerprint density at radius 2 is 1.76 bits per heavy atom. The summed E-state index contributed by atoms with van der Waals surface area (Å²) in [5.41, 5.74) is 1.51. The Kier molecular flexibility index (Phi) is 6.11. The van der Waals surface area contributed by atoms with Crippen molar-refractivity contribution in [1.82, 2.24) is 0 Å². The second-order valence-electron chi connectivity index (χ2n) is 10.1. The lowest BCUT2D eigenvalue weighted by Crippen LogP contribution is -2.51. The van der Waals surface area contributed by atoms with E-state index >= 15 is 0 Å². The van der Waals surface area contributed by atoms with Crippen LogP contribution in [0.5, 0.6) is 0 Å². The number of methoxy groups -OCH3 is 1. The van der Waals surface area contributed by atoms with Crippen molar-refractivity contribution in [3.05, 3.63) is 11.6 Å². The minimum absolute atomic E-state index is 0.0333. The van der Waals surface area contributed by atoms with Gasteiger partial charge in [0.05, 0.1) is 13.2 Å². The van der Waals surface area contributed by atoms with Gasteiger partial charge in [-0.1, -0.05) is 19.4 Å². The van der Waals surface area contributed by atoms with Crippen molar-refractivity contribution < 1.29 is 24.2 Å². The number of hydrogen-bond acceptors (Lipinski definition) is 5. The quantitative estimate of drug-likeness (QED) is 0.671. The minimum atomic E-state index is -0.464. The van der Waals surface area contributed by atoms with Gasteiger partial charge in [0, 0.05) is 19.3 Å². The number of carbonyl (C=O) groups excluding carboxylic acids is 3. The molecule has 1 unspecified atom stereocenters. The number of carbonyl (C=O) groups is 3. The minimum Gasteiger partial charge on any atom is -0.469 e. The zero-order valence-electron chi connectivity index (χ0n) is 18.5. The lowest BCUT2D eigenvalue weighted by molar-refractivity contribution is -0.138. The number of ether oxygens (including phenoxy) is 1. The zero-order valence-corrected chi connectivity index (χ0v) is 18.5. The number of allylic oxidation sites excluding steroid dienone is 1. The molecule has 29 heavy (non-hydrogen) atoms. The Morgan fingerprint density at radius 1 is 1.10 bits per heavy atom. The van der Waals surface area contributed by atoms with Crippen LogP contribution in [-0.4, -0.2) is 35.9 Å². The van der Waals surface area contributed by atoms with Crippen LogP contribution in [0.25, 0.3) is 0 Å².